The van der Waals surface area contributed by atoms with E-state index < -0.39 is 0 Å². The number of benzene rings is 1. The maximum atomic E-state index is 13.2. The van der Waals surface area contributed by atoms with E-state index in [2.05, 4.69) is 36.9 Å². The number of piperidine rings is 1. The molecule has 0 amide bonds. The number of methoxy groups -OCH3 is 1. The summed E-state index contributed by atoms with van der Waals surface area (Å²) in [5, 5.41) is 0. The minimum Gasteiger partial charge on any atom is -0.497 e. The van der Waals surface area contributed by atoms with Crippen LogP contribution in [0.3, 0.4) is 0 Å². The lowest BCUT2D eigenvalue weighted by Crippen LogP contribution is -2.64. The molecule has 29 heavy (non-hydrogen) atoms. The van der Waals surface area contributed by atoms with Crippen LogP contribution in [-0.2, 0) is 21.4 Å². The van der Waals surface area contributed by atoms with E-state index in [0.717, 1.165) is 37.5 Å². The largest absolute Gasteiger partial charge is 0.497 e. The first-order valence-corrected chi connectivity index (χ1v) is 11.6. The number of carbonyl (C=O) groups is 1. The molecular weight excluding hydrogens is 362 g/mol. The Morgan fingerprint density at radius 2 is 2.10 bits per heavy atom. The SMILES string of the molecule is COc1ccc2c(c1)[C@]13CCN(CC4CC4)[C@H](C2)C1C[C@H](OCC(C)C)C(=O)C3. The molecule has 0 radical (unpaired) electrons. The van der Waals surface area contributed by atoms with Crippen LogP contribution < -0.4 is 4.74 Å². The molecule has 4 heteroatoms. The normalized spacial score (nSPS) is 34.1. The highest BCUT2D eigenvalue weighted by Gasteiger charge is 2.58. The minimum absolute atomic E-state index is 0.0262. The summed E-state index contributed by atoms with van der Waals surface area (Å²) in [6.07, 6.45) is 6.28. The molecule has 4 atom stereocenters. The van der Waals surface area contributed by atoms with Crippen LogP contribution in [0.4, 0.5) is 0 Å². The molecule has 1 aromatic carbocycles. The van der Waals surface area contributed by atoms with Crippen molar-refractivity contribution in [2.45, 2.75) is 69.9 Å². The topological polar surface area (TPSA) is 38.8 Å². The molecule has 0 spiro atoms. The van der Waals surface area contributed by atoms with Crippen molar-refractivity contribution in [1.82, 2.24) is 4.90 Å². The van der Waals surface area contributed by atoms with Crippen LogP contribution in [0, 0.1) is 17.8 Å². The second kappa shape index (κ2) is 7.39. The van der Waals surface area contributed by atoms with Crippen molar-refractivity contribution >= 4 is 5.78 Å². The van der Waals surface area contributed by atoms with E-state index in [4.69, 9.17) is 9.47 Å². The molecule has 1 aromatic rings. The Labute approximate surface area is 174 Å². The maximum absolute atomic E-state index is 13.2. The first-order chi connectivity index (χ1) is 14.0. The Balaban J connectivity index is 1.51. The second-order valence-corrected chi connectivity index (χ2v) is 10.3. The summed E-state index contributed by atoms with van der Waals surface area (Å²) < 4.78 is 11.7. The van der Waals surface area contributed by atoms with Gasteiger partial charge in [-0.3, -0.25) is 9.69 Å². The van der Waals surface area contributed by atoms with Gasteiger partial charge in [0.1, 0.15) is 11.9 Å². The average Bonchev–Trinajstić information content (AvgIpc) is 3.52. The third kappa shape index (κ3) is 3.42. The molecule has 4 nitrogen and oxygen atoms in total. The third-order valence-electron chi connectivity index (χ3n) is 7.91. The molecule has 3 aliphatic carbocycles. The highest BCUT2D eigenvalue weighted by atomic mass is 16.5. The molecule has 1 unspecified atom stereocenters. The number of nitrogens with zero attached hydrogens (tertiary/aromatic N) is 1. The predicted molar refractivity (Wildman–Crippen MR) is 113 cm³/mol. The van der Waals surface area contributed by atoms with Gasteiger partial charge in [-0.15, -0.1) is 0 Å². The maximum Gasteiger partial charge on any atom is 0.162 e. The van der Waals surface area contributed by atoms with Crippen LogP contribution in [0.1, 0.15) is 57.1 Å². The van der Waals surface area contributed by atoms with Gasteiger partial charge in [0.15, 0.2) is 5.78 Å². The van der Waals surface area contributed by atoms with Gasteiger partial charge in [0.2, 0.25) is 0 Å². The fourth-order valence-corrected chi connectivity index (χ4v) is 6.28. The van der Waals surface area contributed by atoms with Crippen molar-refractivity contribution in [1.29, 1.82) is 0 Å². The van der Waals surface area contributed by atoms with Gasteiger partial charge in [0.25, 0.3) is 0 Å². The smallest absolute Gasteiger partial charge is 0.162 e. The zero-order valence-corrected chi connectivity index (χ0v) is 18.2. The van der Waals surface area contributed by atoms with Crippen molar-refractivity contribution in [3.05, 3.63) is 29.3 Å². The highest BCUT2D eigenvalue weighted by Crippen LogP contribution is 2.56. The summed E-state index contributed by atoms with van der Waals surface area (Å²) in [4.78, 5) is 16.0. The van der Waals surface area contributed by atoms with Gasteiger partial charge in [-0.2, -0.15) is 0 Å². The molecule has 0 aromatic heterocycles. The Bertz CT molecular complexity index is 786. The summed E-state index contributed by atoms with van der Waals surface area (Å²) >= 11 is 0. The molecule has 0 N–H and O–H groups in total. The number of Topliss-reactive ketones (excluding diaryl/α,β-unsaturated/α-hetero) is 1. The molecule has 1 heterocycles. The van der Waals surface area contributed by atoms with Gasteiger partial charge < -0.3 is 9.47 Å². The summed E-state index contributed by atoms with van der Waals surface area (Å²) in [6, 6.07) is 7.13. The van der Waals surface area contributed by atoms with Gasteiger partial charge in [-0.05, 0) is 79.7 Å². The van der Waals surface area contributed by atoms with Crippen LogP contribution in [0.2, 0.25) is 0 Å². The lowest BCUT2D eigenvalue weighted by Gasteiger charge is -2.59. The predicted octanol–water partition coefficient (Wildman–Crippen LogP) is 3.99. The van der Waals surface area contributed by atoms with Crippen LogP contribution in [-0.4, -0.2) is 49.6 Å². The monoisotopic (exact) mass is 397 g/mol. The average molecular weight is 398 g/mol. The van der Waals surface area contributed by atoms with Crippen molar-refractivity contribution in [3.8, 4) is 5.75 Å². The van der Waals surface area contributed by atoms with Crippen LogP contribution in [0.25, 0.3) is 0 Å². The van der Waals surface area contributed by atoms with Gasteiger partial charge in [0, 0.05) is 31.0 Å². The highest BCUT2D eigenvalue weighted by molar-refractivity contribution is 5.86. The molecule has 158 valence electrons. The zero-order valence-electron chi connectivity index (χ0n) is 18.2. The number of likely N-dealkylation sites (tertiary alicyclic amines) is 1. The van der Waals surface area contributed by atoms with E-state index in [1.807, 2.05) is 0 Å². The molecular formula is C25H35NO3. The zero-order chi connectivity index (χ0) is 20.2. The lowest BCUT2D eigenvalue weighted by atomic mass is 9.51. The molecule has 1 aliphatic heterocycles. The fourth-order valence-electron chi connectivity index (χ4n) is 6.28. The quantitative estimate of drug-likeness (QED) is 0.727. The Morgan fingerprint density at radius 3 is 2.83 bits per heavy atom. The van der Waals surface area contributed by atoms with Crippen molar-refractivity contribution in [2.75, 3.05) is 26.8 Å². The van der Waals surface area contributed by atoms with E-state index in [0.29, 0.717) is 36.7 Å². The Kier molecular flexibility index (Phi) is 4.98. The van der Waals surface area contributed by atoms with Crippen LogP contribution in [0.15, 0.2) is 18.2 Å². The molecule has 4 aliphatic rings. The molecule has 5 rings (SSSR count). The number of ketones is 1. The first kappa shape index (κ1) is 19.6. The molecule has 3 fully saturated rings. The van der Waals surface area contributed by atoms with Gasteiger partial charge in [-0.1, -0.05) is 19.9 Å². The van der Waals surface area contributed by atoms with Crippen molar-refractivity contribution in [3.63, 3.8) is 0 Å². The molecule has 2 saturated carbocycles. The van der Waals surface area contributed by atoms with E-state index in [1.165, 1.54) is 30.5 Å². The summed E-state index contributed by atoms with van der Waals surface area (Å²) in [5.74, 6) is 3.09. The minimum atomic E-state index is -0.217. The van der Waals surface area contributed by atoms with Crippen LogP contribution >= 0.6 is 0 Å². The van der Waals surface area contributed by atoms with Gasteiger partial charge in [-0.25, -0.2) is 0 Å². The molecule has 1 saturated heterocycles. The number of rotatable bonds is 6. The standard InChI is InChI=1S/C25H35NO3/c1-16(2)15-29-24-12-21-22-10-18-6-7-19(28-3)11-20(18)25(21,13-23(24)27)8-9-26(22)14-17-4-5-17/h6-7,11,16-17,21-22,24H,4-5,8-10,12-15H2,1-3H3/t21?,22-,24+,25-/m1/s1. The third-order valence-corrected chi connectivity index (χ3v) is 7.91. The fraction of sp³-hybridized carbons (Fsp3) is 0.720. The lowest BCUT2D eigenvalue weighted by molar-refractivity contribution is -0.145. The Hall–Kier alpha value is -1.39. The number of ether oxygens (including phenoxy) is 2. The van der Waals surface area contributed by atoms with E-state index in [1.54, 1.807) is 7.11 Å². The number of carbonyl (C=O) groups excluding carboxylic acids is 1. The van der Waals surface area contributed by atoms with Crippen molar-refractivity contribution < 1.29 is 14.3 Å². The number of fused-ring (bicyclic) bond motifs is 1. The van der Waals surface area contributed by atoms with Crippen LogP contribution in [0.5, 0.6) is 5.75 Å². The number of hydrogen-bond acceptors (Lipinski definition) is 4. The van der Waals surface area contributed by atoms with Gasteiger partial charge >= 0.3 is 0 Å². The summed E-state index contributed by atoms with van der Waals surface area (Å²) in [5.41, 5.74) is 2.79. The summed E-state index contributed by atoms with van der Waals surface area (Å²) in [6.45, 7) is 7.36. The first-order valence-electron chi connectivity index (χ1n) is 11.6. The Morgan fingerprint density at radius 1 is 1.28 bits per heavy atom. The van der Waals surface area contributed by atoms with E-state index in [9.17, 15) is 4.79 Å². The van der Waals surface area contributed by atoms with Crippen molar-refractivity contribution in [2.24, 2.45) is 17.8 Å². The van der Waals surface area contributed by atoms with Gasteiger partial charge in [0.05, 0.1) is 7.11 Å². The molecule has 2 bridgehead atoms. The summed E-state index contributed by atoms with van der Waals surface area (Å²) in [7, 11) is 1.74. The van der Waals surface area contributed by atoms with E-state index in [-0.39, 0.29) is 11.5 Å². The second-order valence-electron chi connectivity index (χ2n) is 10.3. The van der Waals surface area contributed by atoms with E-state index >= 15 is 0 Å². The number of hydrogen-bond donors (Lipinski definition) is 0.